The molecule has 2 amide bonds. The number of sulfonamides is 1. The van der Waals surface area contributed by atoms with E-state index in [0.717, 1.165) is 29.0 Å². The van der Waals surface area contributed by atoms with Gasteiger partial charge >= 0.3 is 0 Å². The lowest BCUT2D eigenvalue weighted by Gasteiger charge is -2.32. The highest BCUT2D eigenvalue weighted by Gasteiger charge is 2.31. The second kappa shape index (κ2) is 13.3. The third kappa shape index (κ3) is 7.85. The zero-order chi connectivity index (χ0) is 27.0. The van der Waals surface area contributed by atoms with Crippen molar-refractivity contribution in [2.45, 2.75) is 59.0 Å². The van der Waals surface area contributed by atoms with Gasteiger partial charge in [0.2, 0.25) is 21.8 Å². The number of halogens is 2. The quantitative estimate of drug-likeness (QED) is 0.364. The molecule has 0 radical (unpaired) electrons. The van der Waals surface area contributed by atoms with Gasteiger partial charge in [-0.3, -0.25) is 13.9 Å². The number of hydrogen-bond acceptors (Lipinski definition) is 4. The molecule has 0 unspecified atom stereocenters. The van der Waals surface area contributed by atoms with Gasteiger partial charge in [-0.05, 0) is 43.0 Å². The monoisotopic (exact) mass is 555 g/mol. The lowest BCUT2D eigenvalue weighted by Crippen LogP contribution is -2.51. The van der Waals surface area contributed by atoms with E-state index >= 15 is 0 Å². The van der Waals surface area contributed by atoms with E-state index < -0.39 is 28.5 Å². The Morgan fingerprint density at radius 1 is 1.00 bits per heavy atom. The fourth-order valence-electron chi connectivity index (χ4n) is 3.77. The van der Waals surface area contributed by atoms with Crippen molar-refractivity contribution in [1.29, 1.82) is 0 Å². The van der Waals surface area contributed by atoms with Gasteiger partial charge in [-0.15, -0.1) is 0 Å². The van der Waals surface area contributed by atoms with Crippen LogP contribution in [0.25, 0.3) is 0 Å². The molecule has 36 heavy (non-hydrogen) atoms. The number of rotatable bonds is 12. The fourth-order valence-corrected chi connectivity index (χ4v) is 5.16. The summed E-state index contributed by atoms with van der Waals surface area (Å²) in [7, 11) is -3.82. The second-order valence-corrected chi connectivity index (χ2v) is 11.7. The Kier molecular flexibility index (Phi) is 11.1. The van der Waals surface area contributed by atoms with Crippen LogP contribution in [0.15, 0.2) is 42.5 Å². The summed E-state index contributed by atoms with van der Waals surface area (Å²) in [5.74, 6) is -0.858. The maximum atomic E-state index is 13.7. The second-order valence-electron chi connectivity index (χ2n) is 9.03. The van der Waals surface area contributed by atoms with Gasteiger partial charge in [-0.2, -0.15) is 0 Å². The molecule has 2 rings (SSSR count). The van der Waals surface area contributed by atoms with E-state index in [1.807, 2.05) is 32.9 Å². The van der Waals surface area contributed by atoms with Crippen molar-refractivity contribution in [2.24, 2.45) is 0 Å². The van der Waals surface area contributed by atoms with Gasteiger partial charge < -0.3 is 10.2 Å². The van der Waals surface area contributed by atoms with Gasteiger partial charge in [0, 0.05) is 28.7 Å². The molecule has 0 saturated carbocycles. The van der Waals surface area contributed by atoms with Crippen LogP contribution in [0.1, 0.15) is 57.6 Å². The molecule has 1 atom stereocenters. The number of nitrogens with one attached hydrogen (secondary N) is 1. The highest BCUT2D eigenvalue weighted by Crippen LogP contribution is 2.30. The topological polar surface area (TPSA) is 86.8 Å². The Morgan fingerprint density at radius 3 is 2.17 bits per heavy atom. The smallest absolute Gasteiger partial charge is 0.244 e. The average Bonchev–Trinajstić information content (AvgIpc) is 2.81. The van der Waals surface area contributed by atoms with Gasteiger partial charge in [0.25, 0.3) is 0 Å². The van der Waals surface area contributed by atoms with Crippen molar-refractivity contribution in [2.75, 3.05) is 23.7 Å². The summed E-state index contributed by atoms with van der Waals surface area (Å²) in [5.41, 5.74) is 1.71. The summed E-state index contributed by atoms with van der Waals surface area (Å²) < 4.78 is 26.8. The lowest BCUT2D eigenvalue weighted by atomic mass is 10.0. The van der Waals surface area contributed by atoms with E-state index in [9.17, 15) is 18.0 Å². The van der Waals surface area contributed by atoms with Crippen LogP contribution in [0.4, 0.5) is 5.69 Å². The average molecular weight is 557 g/mol. The van der Waals surface area contributed by atoms with Gasteiger partial charge in [0.15, 0.2) is 0 Å². The Hall–Kier alpha value is -2.29. The van der Waals surface area contributed by atoms with Crippen LogP contribution in [0.5, 0.6) is 0 Å². The van der Waals surface area contributed by atoms with Crippen LogP contribution in [0, 0.1) is 0 Å². The molecule has 10 heteroatoms. The molecule has 0 aliphatic carbocycles. The third-order valence-corrected chi connectivity index (χ3v) is 7.73. The Balaban J connectivity index is 2.47. The van der Waals surface area contributed by atoms with Crippen LogP contribution >= 0.6 is 23.2 Å². The number of nitrogens with zero attached hydrogens (tertiary/aromatic N) is 2. The first-order valence-corrected chi connectivity index (χ1v) is 14.6. The van der Waals surface area contributed by atoms with Gasteiger partial charge in [0.05, 0.1) is 11.9 Å². The van der Waals surface area contributed by atoms with Crippen LogP contribution < -0.4 is 9.62 Å². The lowest BCUT2D eigenvalue weighted by molar-refractivity contribution is -0.139. The minimum absolute atomic E-state index is 0.0295. The van der Waals surface area contributed by atoms with E-state index in [1.54, 1.807) is 37.3 Å². The molecular formula is C26H35Cl2N3O4S. The van der Waals surface area contributed by atoms with E-state index in [4.69, 9.17) is 23.2 Å². The summed E-state index contributed by atoms with van der Waals surface area (Å²) in [6, 6.07) is 11.2. The SMILES string of the molecule is CCCCNC(=O)[C@@H](C)N(Cc1c(Cl)cccc1Cl)C(=O)CN(c1ccccc1C(C)C)S(C)(=O)=O. The molecule has 1 N–H and O–H groups in total. The number of anilines is 1. The molecule has 0 saturated heterocycles. The minimum atomic E-state index is -3.82. The van der Waals surface area contributed by atoms with Crippen molar-refractivity contribution in [1.82, 2.24) is 10.2 Å². The third-order valence-electron chi connectivity index (χ3n) is 5.89. The molecule has 0 aromatic heterocycles. The van der Waals surface area contributed by atoms with Crippen LogP contribution in [0.3, 0.4) is 0 Å². The van der Waals surface area contributed by atoms with Crippen molar-refractivity contribution < 1.29 is 18.0 Å². The maximum absolute atomic E-state index is 13.7. The van der Waals surface area contributed by atoms with Gasteiger partial charge in [-0.25, -0.2) is 8.42 Å². The van der Waals surface area contributed by atoms with Crippen LogP contribution in [-0.4, -0.2) is 50.5 Å². The van der Waals surface area contributed by atoms with E-state index in [2.05, 4.69) is 5.32 Å². The maximum Gasteiger partial charge on any atom is 0.244 e. The van der Waals surface area contributed by atoms with E-state index in [0.29, 0.717) is 27.8 Å². The molecule has 0 aliphatic heterocycles. The normalized spacial score (nSPS) is 12.3. The summed E-state index contributed by atoms with van der Waals surface area (Å²) in [4.78, 5) is 28.0. The van der Waals surface area contributed by atoms with E-state index in [-0.39, 0.29) is 18.4 Å². The minimum Gasteiger partial charge on any atom is -0.354 e. The summed E-state index contributed by atoms with van der Waals surface area (Å²) in [5, 5.41) is 3.54. The van der Waals surface area contributed by atoms with Crippen molar-refractivity contribution in [3.8, 4) is 0 Å². The molecule has 0 heterocycles. The Labute approximate surface area is 224 Å². The molecule has 2 aromatic rings. The number of carbonyl (C=O) groups is 2. The van der Waals surface area contributed by atoms with Gasteiger partial charge in [0.1, 0.15) is 12.6 Å². The fraction of sp³-hybridized carbons (Fsp3) is 0.462. The Morgan fingerprint density at radius 2 is 1.61 bits per heavy atom. The van der Waals surface area contributed by atoms with Crippen molar-refractivity contribution in [3.05, 3.63) is 63.6 Å². The van der Waals surface area contributed by atoms with Crippen LogP contribution in [0.2, 0.25) is 10.0 Å². The Bertz CT molecular complexity index is 1150. The zero-order valence-corrected chi connectivity index (χ0v) is 23.8. The van der Waals surface area contributed by atoms with Gasteiger partial charge in [-0.1, -0.05) is 74.7 Å². The van der Waals surface area contributed by atoms with Crippen LogP contribution in [-0.2, 0) is 26.2 Å². The molecule has 0 bridgehead atoms. The van der Waals surface area contributed by atoms with Crippen molar-refractivity contribution >= 4 is 50.7 Å². The predicted molar refractivity (Wildman–Crippen MR) is 147 cm³/mol. The van der Waals surface area contributed by atoms with Crippen molar-refractivity contribution in [3.63, 3.8) is 0 Å². The number of unbranched alkanes of at least 4 members (excludes halogenated alkanes) is 1. The molecule has 0 spiro atoms. The molecule has 7 nitrogen and oxygen atoms in total. The molecule has 2 aromatic carbocycles. The summed E-state index contributed by atoms with van der Waals surface area (Å²) >= 11 is 12.7. The molecule has 0 aliphatic rings. The molecule has 198 valence electrons. The largest absolute Gasteiger partial charge is 0.354 e. The highest BCUT2D eigenvalue weighted by atomic mass is 35.5. The predicted octanol–water partition coefficient (Wildman–Crippen LogP) is 5.22. The number of hydrogen-bond donors (Lipinski definition) is 1. The first-order chi connectivity index (χ1) is 16.9. The summed E-state index contributed by atoms with van der Waals surface area (Å²) in [6.45, 7) is 7.48. The molecule has 0 fully saturated rings. The van der Waals surface area contributed by atoms with E-state index in [1.165, 1.54) is 4.90 Å². The summed E-state index contributed by atoms with van der Waals surface area (Å²) in [6.07, 6.45) is 2.77. The number of benzene rings is 2. The zero-order valence-electron chi connectivity index (χ0n) is 21.4. The molecular weight excluding hydrogens is 521 g/mol. The highest BCUT2D eigenvalue weighted by molar-refractivity contribution is 7.92. The number of para-hydroxylation sites is 1. The number of carbonyl (C=O) groups excluding carboxylic acids is 2. The first-order valence-electron chi connectivity index (χ1n) is 11.9. The first kappa shape index (κ1) is 29.9. The number of amides is 2. The standard InChI is InChI=1S/C26H35Cl2N3O4S/c1-6-7-15-29-26(33)19(4)30(16-21-22(27)12-10-13-23(21)28)25(32)17-31(36(5,34)35)24-14-9-8-11-20(24)18(2)3/h8-14,18-19H,6-7,15-17H2,1-5H3,(H,29,33)/t19-/m1/s1.